The quantitative estimate of drug-likeness (QED) is 0.240. The van der Waals surface area contributed by atoms with E-state index in [0.717, 1.165) is 17.5 Å². The average Bonchev–Trinajstić information content (AvgIpc) is 2.96. The molecule has 0 aliphatic carbocycles. The van der Waals surface area contributed by atoms with Crippen LogP contribution in [0.4, 0.5) is 10.5 Å². The van der Waals surface area contributed by atoms with Crippen molar-refractivity contribution in [3.63, 3.8) is 0 Å². The molecule has 0 bridgehead atoms. The molecule has 0 aliphatic heterocycles. The number of hydrogen-bond donors (Lipinski definition) is 2. The van der Waals surface area contributed by atoms with Crippen molar-refractivity contribution in [2.75, 3.05) is 30.8 Å². The Kier molecular flexibility index (Phi) is 12.5. The number of aryl methyl sites for hydroxylation is 1. The fraction of sp³-hybridized carbons (Fsp3) is 0.355. The van der Waals surface area contributed by atoms with Gasteiger partial charge in [0.1, 0.15) is 18.2 Å². The SMILES string of the molecule is COc1ccc(NS(=O)(=O)CN(CCCc2ccccc2)C(=O)CC(C)CCNC(=O)OCc2ccccc2)cc1. The van der Waals surface area contributed by atoms with Gasteiger partial charge in [-0.2, -0.15) is 0 Å². The number of rotatable bonds is 16. The molecule has 0 aliphatic rings. The summed E-state index contributed by atoms with van der Waals surface area (Å²) < 4.78 is 38.9. The summed E-state index contributed by atoms with van der Waals surface area (Å²) in [7, 11) is -2.31. The number of carbonyl (C=O) groups excluding carboxylic acids is 2. The number of nitrogens with one attached hydrogen (secondary N) is 2. The van der Waals surface area contributed by atoms with Crippen molar-refractivity contribution < 1.29 is 27.5 Å². The first kappa shape index (κ1) is 31.5. The van der Waals surface area contributed by atoms with Gasteiger partial charge in [-0.1, -0.05) is 67.6 Å². The van der Waals surface area contributed by atoms with E-state index in [1.807, 2.05) is 67.6 Å². The number of carbonyl (C=O) groups is 2. The van der Waals surface area contributed by atoms with Gasteiger partial charge in [0.15, 0.2) is 0 Å². The Morgan fingerprint density at radius 3 is 2.17 bits per heavy atom. The average molecular weight is 582 g/mol. The van der Waals surface area contributed by atoms with Gasteiger partial charge >= 0.3 is 6.09 Å². The van der Waals surface area contributed by atoms with Crippen LogP contribution in [0.2, 0.25) is 0 Å². The lowest BCUT2D eigenvalue weighted by Gasteiger charge is -2.24. The first-order valence-corrected chi connectivity index (χ1v) is 15.3. The maximum Gasteiger partial charge on any atom is 0.407 e. The maximum atomic E-state index is 13.3. The summed E-state index contributed by atoms with van der Waals surface area (Å²) in [6.45, 7) is 2.72. The lowest BCUT2D eigenvalue weighted by molar-refractivity contribution is -0.131. The molecule has 2 amide bonds. The second-order valence-electron chi connectivity index (χ2n) is 9.91. The number of nitrogens with zero attached hydrogens (tertiary/aromatic N) is 1. The summed E-state index contributed by atoms with van der Waals surface area (Å²) in [5.74, 6) is -0.176. The summed E-state index contributed by atoms with van der Waals surface area (Å²) >= 11 is 0. The Morgan fingerprint density at radius 1 is 0.902 bits per heavy atom. The van der Waals surface area contributed by atoms with Crippen molar-refractivity contribution in [1.29, 1.82) is 0 Å². The third kappa shape index (κ3) is 11.9. The molecule has 1 atom stereocenters. The van der Waals surface area contributed by atoms with Crippen LogP contribution >= 0.6 is 0 Å². The predicted molar refractivity (Wildman–Crippen MR) is 160 cm³/mol. The zero-order valence-corrected chi connectivity index (χ0v) is 24.4. The maximum absolute atomic E-state index is 13.3. The van der Waals surface area contributed by atoms with Gasteiger partial charge in [-0.05, 0) is 60.6 Å². The first-order valence-electron chi connectivity index (χ1n) is 13.6. The smallest absolute Gasteiger partial charge is 0.407 e. The minimum absolute atomic E-state index is 0.0780. The highest BCUT2D eigenvalue weighted by Crippen LogP contribution is 2.18. The molecule has 10 heteroatoms. The molecule has 0 heterocycles. The van der Waals surface area contributed by atoms with E-state index in [9.17, 15) is 18.0 Å². The van der Waals surface area contributed by atoms with Crippen molar-refractivity contribution in [3.05, 3.63) is 96.1 Å². The molecule has 0 saturated heterocycles. The van der Waals surface area contributed by atoms with Crippen LogP contribution in [0.3, 0.4) is 0 Å². The first-order chi connectivity index (χ1) is 19.7. The van der Waals surface area contributed by atoms with Crippen LogP contribution in [0.1, 0.15) is 37.3 Å². The molecule has 0 fully saturated rings. The number of hydrogen-bond acceptors (Lipinski definition) is 6. The van der Waals surface area contributed by atoms with Crippen LogP contribution in [-0.2, 0) is 32.6 Å². The summed E-state index contributed by atoms with van der Waals surface area (Å²) in [4.78, 5) is 26.7. The molecule has 3 aromatic rings. The molecular formula is C31H39N3O6S. The molecule has 9 nitrogen and oxygen atoms in total. The molecular weight excluding hydrogens is 542 g/mol. The Labute approximate surface area is 242 Å². The van der Waals surface area contributed by atoms with Crippen molar-refractivity contribution in [3.8, 4) is 5.75 Å². The molecule has 3 rings (SSSR count). The van der Waals surface area contributed by atoms with Crippen LogP contribution in [0.15, 0.2) is 84.9 Å². The molecule has 3 aromatic carbocycles. The highest BCUT2D eigenvalue weighted by Gasteiger charge is 2.23. The minimum Gasteiger partial charge on any atom is -0.497 e. The number of benzene rings is 3. The van der Waals surface area contributed by atoms with Crippen LogP contribution < -0.4 is 14.8 Å². The van der Waals surface area contributed by atoms with Crippen LogP contribution in [0.25, 0.3) is 0 Å². The second-order valence-corrected chi connectivity index (χ2v) is 11.6. The summed E-state index contributed by atoms with van der Waals surface area (Å²) in [5, 5.41) is 2.71. The fourth-order valence-corrected chi connectivity index (χ4v) is 5.42. The van der Waals surface area contributed by atoms with E-state index in [0.29, 0.717) is 37.4 Å². The third-order valence-electron chi connectivity index (χ3n) is 6.42. The van der Waals surface area contributed by atoms with Gasteiger partial charge < -0.3 is 19.7 Å². The number of ether oxygens (including phenoxy) is 2. The van der Waals surface area contributed by atoms with Gasteiger partial charge in [0.05, 0.1) is 7.11 Å². The highest BCUT2D eigenvalue weighted by molar-refractivity contribution is 7.92. The normalized spacial score (nSPS) is 11.8. The predicted octanol–water partition coefficient (Wildman–Crippen LogP) is 5.20. The number of amides is 2. The van der Waals surface area contributed by atoms with Gasteiger partial charge in [0.25, 0.3) is 10.0 Å². The lowest BCUT2D eigenvalue weighted by Crippen LogP contribution is -2.39. The van der Waals surface area contributed by atoms with Crippen molar-refractivity contribution in [2.45, 2.75) is 39.2 Å². The van der Waals surface area contributed by atoms with Gasteiger partial charge in [-0.15, -0.1) is 0 Å². The molecule has 2 N–H and O–H groups in total. The topological polar surface area (TPSA) is 114 Å². The second kappa shape index (κ2) is 16.3. The molecule has 41 heavy (non-hydrogen) atoms. The molecule has 0 aromatic heterocycles. The zero-order valence-electron chi connectivity index (χ0n) is 23.6. The summed E-state index contributed by atoms with van der Waals surface area (Å²) in [5.41, 5.74) is 2.41. The monoisotopic (exact) mass is 581 g/mol. The highest BCUT2D eigenvalue weighted by atomic mass is 32.2. The Hall–Kier alpha value is -4.05. The summed E-state index contributed by atoms with van der Waals surface area (Å²) in [6.07, 6.45) is 1.52. The van der Waals surface area contributed by atoms with E-state index in [4.69, 9.17) is 9.47 Å². The van der Waals surface area contributed by atoms with Gasteiger partial charge in [0, 0.05) is 25.2 Å². The molecule has 220 valence electrons. The van der Waals surface area contributed by atoms with Crippen molar-refractivity contribution in [2.24, 2.45) is 5.92 Å². The van der Waals surface area contributed by atoms with Crippen LogP contribution in [0.5, 0.6) is 5.75 Å². The van der Waals surface area contributed by atoms with Gasteiger partial charge in [0.2, 0.25) is 5.91 Å². The fourth-order valence-electron chi connectivity index (χ4n) is 4.18. The number of anilines is 1. The Morgan fingerprint density at radius 2 is 1.54 bits per heavy atom. The zero-order chi connectivity index (χ0) is 29.5. The van der Waals surface area contributed by atoms with Gasteiger partial charge in [-0.3, -0.25) is 9.52 Å². The molecule has 0 spiro atoms. The number of alkyl carbamates (subject to hydrolysis) is 1. The Bertz CT molecular complexity index is 1320. The van der Waals surface area contributed by atoms with E-state index in [1.165, 1.54) is 12.0 Å². The van der Waals surface area contributed by atoms with E-state index in [1.54, 1.807) is 24.3 Å². The largest absolute Gasteiger partial charge is 0.497 e. The third-order valence-corrected chi connectivity index (χ3v) is 7.62. The minimum atomic E-state index is -3.85. The lowest BCUT2D eigenvalue weighted by atomic mass is 10.0. The number of methoxy groups -OCH3 is 1. The van der Waals surface area contributed by atoms with Crippen molar-refractivity contribution in [1.82, 2.24) is 10.2 Å². The molecule has 1 unspecified atom stereocenters. The van der Waals surface area contributed by atoms with Crippen LogP contribution in [-0.4, -0.2) is 51.4 Å². The molecule has 0 saturated carbocycles. The van der Waals surface area contributed by atoms with Crippen LogP contribution in [0, 0.1) is 5.92 Å². The van der Waals surface area contributed by atoms with Gasteiger partial charge in [-0.25, -0.2) is 13.2 Å². The standard InChI is InChI=1S/C31H39N3O6S/c1-25(19-20-32-31(36)40-23-27-12-7-4-8-13-27)22-30(35)34(21-9-14-26-10-5-3-6-11-26)24-41(37,38)33-28-15-17-29(39-2)18-16-28/h3-8,10-13,15-18,25,33H,9,14,19-24H2,1-2H3,(H,32,36). The number of sulfonamides is 1. The Balaban J connectivity index is 1.52. The van der Waals surface area contributed by atoms with E-state index in [-0.39, 0.29) is 24.9 Å². The summed E-state index contributed by atoms with van der Waals surface area (Å²) in [6, 6.07) is 25.8. The van der Waals surface area contributed by atoms with Crippen molar-refractivity contribution >= 4 is 27.7 Å². The molecule has 0 radical (unpaired) electrons. The van der Waals surface area contributed by atoms with E-state index >= 15 is 0 Å². The van der Waals surface area contributed by atoms with E-state index in [2.05, 4.69) is 10.0 Å². The van der Waals surface area contributed by atoms with E-state index < -0.39 is 22.0 Å².